The number of phenols is 1. The Kier molecular flexibility index (Phi) is 5.64. The standard InChI is InChI=1S/C25H22N2O5/c1-3-32-20-9-8-17(14-15(20)2)23(29)21-22(16-10-12-26-13-11-16)27(25(31)24(21)30)18-6-4-5-7-19(18)28/h4-14,22,28-29H,3H2,1-2H3/b23-21-. The van der Waals surface area contributed by atoms with Gasteiger partial charge >= 0.3 is 0 Å². The van der Waals surface area contributed by atoms with Gasteiger partial charge in [0.2, 0.25) is 0 Å². The average Bonchev–Trinajstić information content (AvgIpc) is 3.06. The van der Waals surface area contributed by atoms with Crippen LogP contribution in [0.15, 0.2) is 72.6 Å². The number of anilines is 1. The van der Waals surface area contributed by atoms with E-state index >= 15 is 0 Å². The van der Waals surface area contributed by atoms with E-state index in [-0.39, 0.29) is 22.8 Å². The fourth-order valence-electron chi connectivity index (χ4n) is 3.88. The number of ether oxygens (including phenoxy) is 1. The molecule has 0 saturated carbocycles. The molecule has 7 nitrogen and oxygen atoms in total. The second-order valence-electron chi connectivity index (χ2n) is 7.35. The summed E-state index contributed by atoms with van der Waals surface area (Å²) < 4.78 is 5.55. The number of amides is 1. The van der Waals surface area contributed by atoms with E-state index < -0.39 is 17.7 Å². The van der Waals surface area contributed by atoms with Crippen LogP contribution in [0.3, 0.4) is 0 Å². The number of phenolic OH excluding ortho intramolecular Hbond substituents is 1. The lowest BCUT2D eigenvalue weighted by molar-refractivity contribution is -0.132. The maximum Gasteiger partial charge on any atom is 0.300 e. The minimum atomic E-state index is -0.932. The maximum absolute atomic E-state index is 13.1. The van der Waals surface area contributed by atoms with Gasteiger partial charge in [-0.25, -0.2) is 0 Å². The van der Waals surface area contributed by atoms with E-state index in [2.05, 4.69) is 4.98 Å². The number of hydrogen-bond donors (Lipinski definition) is 2. The van der Waals surface area contributed by atoms with Gasteiger partial charge in [-0.2, -0.15) is 0 Å². The molecule has 1 atom stereocenters. The summed E-state index contributed by atoms with van der Waals surface area (Å²) in [7, 11) is 0. The lowest BCUT2D eigenvalue weighted by Gasteiger charge is -2.25. The quantitative estimate of drug-likeness (QED) is 0.359. The lowest BCUT2D eigenvalue weighted by Crippen LogP contribution is -2.29. The van der Waals surface area contributed by atoms with Crippen LogP contribution in [0.2, 0.25) is 0 Å². The van der Waals surface area contributed by atoms with Gasteiger partial charge in [0.05, 0.1) is 23.9 Å². The summed E-state index contributed by atoms with van der Waals surface area (Å²) in [6.07, 6.45) is 3.09. The third-order valence-corrected chi connectivity index (χ3v) is 5.36. The third kappa shape index (κ3) is 3.58. The van der Waals surface area contributed by atoms with Gasteiger partial charge in [-0.15, -0.1) is 0 Å². The van der Waals surface area contributed by atoms with Crippen molar-refractivity contribution in [2.24, 2.45) is 0 Å². The normalized spacial score (nSPS) is 17.6. The molecule has 1 aliphatic heterocycles. The highest BCUT2D eigenvalue weighted by atomic mass is 16.5. The number of para-hydroxylation sites is 2. The van der Waals surface area contributed by atoms with Crippen LogP contribution in [0.4, 0.5) is 5.69 Å². The molecule has 1 aromatic heterocycles. The predicted octanol–water partition coefficient (Wildman–Crippen LogP) is 4.12. The monoisotopic (exact) mass is 430 g/mol. The van der Waals surface area contributed by atoms with Gasteiger partial charge in [0.15, 0.2) is 0 Å². The Morgan fingerprint density at radius 3 is 2.47 bits per heavy atom. The highest BCUT2D eigenvalue weighted by molar-refractivity contribution is 6.51. The summed E-state index contributed by atoms with van der Waals surface area (Å²) in [6, 6.07) is 13.7. The topological polar surface area (TPSA) is 100.0 Å². The Morgan fingerprint density at radius 1 is 1.09 bits per heavy atom. The summed E-state index contributed by atoms with van der Waals surface area (Å²) in [5, 5.41) is 21.6. The van der Waals surface area contributed by atoms with Crippen LogP contribution in [0.1, 0.15) is 29.7 Å². The molecule has 3 aromatic rings. The molecule has 162 valence electrons. The van der Waals surface area contributed by atoms with Crippen molar-refractivity contribution in [3.63, 3.8) is 0 Å². The first-order valence-electron chi connectivity index (χ1n) is 10.2. The highest BCUT2D eigenvalue weighted by Gasteiger charge is 2.47. The number of aliphatic hydroxyl groups excluding tert-OH is 1. The molecule has 1 fully saturated rings. The Hall–Kier alpha value is -4.13. The van der Waals surface area contributed by atoms with Crippen LogP contribution >= 0.6 is 0 Å². The number of pyridine rings is 1. The first-order chi connectivity index (χ1) is 15.4. The fraction of sp³-hybridized carbons (Fsp3) is 0.160. The van der Waals surface area contributed by atoms with E-state index in [0.717, 1.165) is 5.56 Å². The minimum Gasteiger partial charge on any atom is -0.507 e. The van der Waals surface area contributed by atoms with Crippen molar-refractivity contribution < 1.29 is 24.5 Å². The highest BCUT2D eigenvalue weighted by Crippen LogP contribution is 2.44. The summed E-state index contributed by atoms with van der Waals surface area (Å²) >= 11 is 0. The van der Waals surface area contributed by atoms with E-state index in [1.54, 1.807) is 60.9 Å². The first kappa shape index (κ1) is 21.1. The largest absolute Gasteiger partial charge is 0.507 e. The number of rotatable bonds is 5. The SMILES string of the molecule is CCOc1ccc(/C(O)=C2/C(=O)C(=O)N(c3ccccc3O)C2c2ccncc2)cc1C. The fourth-order valence-corrected chi connectivity index (χ4v) is 3.88. The molecule has 2 heterocycles. The lowest BCUT2D eigenvalue weighted by atomic mass is 9.95. The van der Waals surface area contributed by atoms with Gasteiger partial charge in [-0.05, 0) is 67.4 Å². The number of aromatic hydroxyl groups is 1. The Morgan fingerprint density at radius 2 is 1.81 bits per heavy atom. The van der Waals surface area contributed by atoms with Crippen molar-refractivity contribution in [2.75, 3.05) is 11.5 Å². The number of ketones is 1. The summed E-state index contributed by atoms with van der Waals surface area (Å²) in [4.78, 5) is 31.4. The molecule has 0 radical (unpaired) electrons. The molecule has 1 unspecified atom stereocenters. The van der Waals surface area contributed by atoms with Crippen molar-refractivity contribution in [3.05, 3.63) is 89.3 Å². The van der Waals surface area contributed by atoms with Crippen LogP contribution in [0.5, 0.6) is 11.5 Å². The van der Waals surface area contributed by atoms with Gasteiger partial charge in [-0.3, -0.25) is 19.5 Å². The molecule has 2 aromatic carbocycles. The van der Waals surface area contributed by atoms with Gasteiger partial charge in [0, 0.05) is 18.0 Å². The summed E-state index contributed by atoms with van der Waals surface area (Å²) in [6.45, 7) is 4.21. The van der Waals surface area contributed by atoms with E-state index in [1.807, 2.05) is 13.8 Å². The zero-order valence-electron chi connectivity index (χ0n) is 17.6. The predicted molar refractivity (Wildman–Crippen MR) is 119 cm³/mol. The molecular formula is C25H22N2O5. The van der Waals surface area contributed by atoms with Crippen molar-refractivity contribution >= 4 is 23.1 Å². The van der Waals surface area contributed by atoms with Gasteiger partial charge in [-0.1, -0.05) is 12.1 Å². The minimum absolute atomic E-state index is 0.0620. The molecular weight excluding hydrogens is 408 g/mol. The Bertz CT molecular complexity index is 1220. The van der Waals surface area contributed by atoms with E-state index in [0.29, 0.717) is 23.5 Å². The molecule has 1 amide bonds. The third-order valence-electron chi connectivity index (χ3n) is 5.36. The maximum atomic E-state index is 13.1. The van der Waals surface area contributed by atoms with Crippen molar-refractivity contribution in [2.45, 2.75) is 19.9 Å². The number of Topliss-reactive ketones (excluding diaryl/α,β-unsaturated/α-hetero) is 1. The number of benzene rings is 2. The summed E-state index contributed by atoms with van der Waals surface area (Å²) in [5.41, 5.74) is 1.87. The van der Waals surface area contributed by atoms with Crippen LogP contribution in [0, 0.1) is 6.92 Å². The zero-order chi connectivity index (χ0) is 22.8. The van der Waals surface area contributed by atoms with Crippen molar-refractivity contribution in [3.8, 4) is 11.5 Å². The molecule has 0 aliphatic carbocycles. The van der Waals surface area contributed by atoms with Crippen molar-refractivity contribution in [1.82, 2.24) is 4.98 Å². The zero-order valence-corrected chi connectivity index (χ0v) is 17.6. The number of aryl methyl sites for hydroxylation is 1. The molecule has 2 N–H and O–H groups in total. The second-order valence-corrected chi connectivity index (χ2v) is 7.35. The van der Waals surface area contributed by atoms with E-state index in [1.165, 1.54) is 11.0 Å². The molecule has 4 rings (SSSR count). The first-order valence-corrected chi connectivity index (χ1v) is 10.2. The van der Waals surface area contributed by atoms with Crippen LogP contribution in [-0.4, -0.2) is 33.5 Å². The summed E-state index contributed by atoms with van der Waals surface area (Å²) in [5.74, 6) is -1.44. The molecule has 32 heavy (non-hydrogen) atoms. The molecule has 0 spiro atoms. The molecule has 1 saturated heterocycles. The molecule has 7 heteroatoms. The number of hydrogen-bond acceptors (Lipinski definition) is 6. The second kappa shape index (κ2) is 8.55. The number of nitrogens with zero attached hydrogens (tertiary/aromatic N) is 2. The average molecular weight is 430 g/mol. The molecule has 1 aliphatic rings. The van der Waals surface area contributed by atoms with Crippen molar-refractivity contribution in [1.29, 1.82) is 0 Å². The van der Waals surface area contributed by atoms with Gasteiger partial charge < -0.3 is 14.9 Å². The van der Waals surface area contributed by atoms with Crippen LogP contribution in [0.25, 0.3) is 5.76 Å². The van der Waals surface area contributed by atoms with Gasteiger partial charge in [0.25, 0.3) is 11.7 Å². The molecule has 0 bridgehead atoms. The van der Waals surface area contributed by atoms with Gasteiger partial charge in [0.1, 0.15) is 17.3 Å². The number of carbonyl (C=O) groups excluding carboxylic acids is 2. The van der Waals surface area contributed by atoms with Crippen LogP contribution in [-0.2, 0) is 9.59 Å². The number of aromatic nitrogens is 1. The number of aliphatic hydroxyl groups is 1. The number of carbonyl (C=O) groups is 2. The Labute approximate surface area is 185 Å². The Balaban J connectivity index is 1.92. The van der Waals surface area contributed by atoms with E-state index in [4.69, 9.17) is 4.74 Å². The van der Waals surface area contributed by atoms with E-state index in [9.17, 15) is 19.8 Å². The van der Waals surface area contributed by atoms with Crippen LogP contribution < -0.4 is 9.64 Å². The smallest absolute Gasteiger partial charge is 0.300 e.